The van der Waals surface area contributed by atoms with Crippen LogP contribution in [0.3, 0.4) is 0 Å². The van der Waals surface area contributed by atoms with Crippen LogP contribution in [0.5, 0.6) is 0 Å². The Morgan fingerprint density at radius 1 is 0.842 bits per heavy atom. The highest BCUT2D eigenvalue weighted by Crippen LogP contribution is 2.01. The molecule has 0 bridgehead atoms. The van der Waals surface area contributed by atoms with Crippen LogP contribution in [0.1, 0.15) is 66.7 Å². The maximum atomic E-state index is 11.7. The van der Waals surface area contributed by atoms with E-state index >= 15 is 0 Å². The predicted octanol–water partition coefficient (Wildman–Crippen LogP) is 3.78. The van der Waals surface area contributed by atoms with Gasteiger partial charge in [-0.15, -0.1) is 0 Å². The molecule has 0 aliphatic heterocycles. The monoisotopic (exact) mass is 272 g/mol. The zero-order valence-corrected chi connectivity index (χ0v) is 14.2. The maximum Gasteiger partial charge on any atom is 0.222 e. The van der Waals surface area contributed by atoms with Gasteiger partial charge in [0.2, 0.25) is 5.91 Å². The molecule has 0 aliphatic rings. The lowest BCUT2D eigenvalue weighted by Gasteiger charge is -2.23. The quantitative estimate of drug-likeness (QED) is 0.604. The minimum absolute atomic E-state index is 0.302. The Kier molecular flexibility index (Phi) is 16.9. The van der Waals surface area contributed by atoms with Crippen LogP contribution in [0.25, 0.3) is 0 Å². The summed E-state index contributed by atoms with van der Waals surface area (Å²) >= 11 is 0. The van der Waals surface area contributed by atoms with Crippen molar-refractivity contribution >= 4 is 5.91 Å². The van der Waals surface area contributed by atoms with Crippen molar-refractivity contribution in [1.29, 1.82) is 0 Å². The van der Waals surface area contributed by atoms with Gasteiger partial charge in [0.25, 0.3) is 0 Å². The van der Waals surface area contributed by atoms with Crippen LogP contribution >= 0.6 is 0 Å². The van der Waals surface area contributed by atoms with Crippen LogP contribution in [0.4, 0.5) is 0 Å². The Bertz CT molecular complexity index is 195. The fourth-order valence-corrected chi connectivity index (χ4v) is 1.96. The third kappa shape index (κ3) is 12.2. The average Bonchev–Trinajstić information content (AvgIpc) is 2.44. The van der Waals surface area contributed by atoms with E-state index in [1.54, 1.807) is 0 Å². The Morgan fingerprint density at radius 2 is 1.42 bits per heavy atom. The van der Waals surface area contributed by atoms with Crippen molar-refractivity contribution in [3.8, 4) is 0 Å². The lowest BCUT2D eigenvalue weighted by molar-refractivity contribution is -0.131. The summed E-state index contributed by atoms with van der Waals surface area (Å²) in [5.74, 6) is 0.302. The van der Waals surface area contributed by atoms with E-state index in [1.807, 2.05) is 25.7 Å². The third-order valence-corrected chi connectivity index (χ3v) is 3.01. The van der Waals surface area contributed by atoms with Crippen molar-refractivity contribution in [2.24, 2.45) is 0 Å². The van der Waals surface area contributed by atoms with Crippen molar-refractivity contribution in [2.45, 2.75) is 66.7 Å². The smallest absolute Gasteiger partial charge is 0.222 e. The van der Waals surface area contributed by atoms with E-state index in [0.29, 0.717) is 12.3 Å². The SMILES string of the molecule is CC.CCCCN(CCCN(C)CCC)C(=O)CC. The lowest BCUT2D eigenvalue weighted by Crippen LogP contribution is -2.34. The first-order valence-electron chi connectivity index (χ1n) is 8.11. The van der Waals surface area contributed by atoms with Crippen LogP contribution in [0.15, 0.2) is 0 Å². The van der Waals surface area contributed by atoms with Gasteiger partial charge in [0.1, 0.15) is 0 Å². The minimum atomic E-state index is 0.302. The fraction of sp³-hybridized carbons (Fsp3) is 0.938. The van der Waals surface area contributed by atoms with Crippen molar-refractivity contribution in [3.05, 3.63) is 0 Å². The zero-order valence-electron chi connectivity index (χ0n) is 14.2. The van der Waals surface area contributed by atoms with Crippen molar-refractivity contribution in [1.82, 2.24) is 9.80 Å². The largest absolute Gasteiger partial charge is 0.343 e. The third-order valence-electron chi connectivity index (χ3n) is 3.01. The number of amides is 1. The van der Waals surface area contributed by atoms with Crippen LogP contribution in [0, 0.1) is 0 Å². The molecule has 116 valence electrons. The van der Waals surface area contributed by atoms with E-state index in [1.165, 1.54) is 6.42 Å². The molecule has 0 atom stereocenters. The van der Waals surface area contributed by atoms with E-state index in [4.69, 9.17) is 0 Å². The number of carbonyl (C=O) groups excluding carboxylic acids is 1. The first-order valence-corrected chi connectivity index (χ1v) is 8.11. The summed E-state index contributed by atoms with van der Waals surface area (Å²) in [6.45, 7) is 14.4. The highest BCUT2D eigenvalue weighted by atomic mass is 16.2. The Hall–Kier alpha value is -0.570. The Balaban J connectivity index is 0. The Morgan fingerprint density at radius 3 is 1.89 bits per heavy atom. The second-order valence-electron chi connectivity index (χ2n) is 4.74. The van der Waals surface area contributed by atoms with Gasteiger partial charge in [-0.2, -0.15) is 0 Å². The van der Waals surface area contributed by atoms with E-state index < -0.39 is 0 Å². The summed E-state index contributed by atoms with van der Waals surface area (Å²) in [7, 11) is 2.15. The molecular weight excluding hydrogens is 236 g/mol. The van der Waals surface area contributed by atoms with Crippen LogP contribution in [-0.4, -0.2) is 48.9 Å². The summed E-state index contributed by atoms with van der Waals surface area (Å²) in [5.41, 5.74) is 0. The summed E-state index contributed by atoms with van der Waals surface area (Å²) in [6.07, 6.45) is 5.20. The molecule has 0 heterocycles. The molecule has 0 aromatic rings. The molecule has 0 saturated carbocycles. The van der Waals surface area contributed by atoms with Crippen molar-refractivity contribution < 1.29 is 4.79 Å². The fourth-order valence-electron chi connectivity index (χ4n) is 1.96. The highest BCUT2D eigenvalue weighted by Gasteiger charge is 2.10. The summed E-state index contributed by atoms with van der Waals surface area (Å²) in [6, 6.07) is 0. The van der Waals surface area contributed by atoms with Gasteiger partial charge in [-0.25, -0.2) is 0 Å². The first-order chi connectivity index (χ1) is 9.15. The number of rotatable bonds is 10. The van der Waals surface area contributed by atoms with Crippen LogP contribution < -0.4 is 0 Å². The molecule has 0 N–H and O–H groups in total. The Labute approximate surface area is 121 Å². The molecule has 0 radical (unpaired) electrons. The molecule has 0 spiro atoms. The molecule has 0 saturated heterocycles. The van der Waals surface area contributed by atoms with Gasteiger partial charge >= 0.3 is 0 Å². The van der Waals surface area contributed by atoms with Gasteiger partial charge in [-0.1, -0.05) is 41.0 Å². The van der Waals surface area contributed by atoms with Gasteiger partial charge in [0.15, 0.2) is 0 Å². The second-order valence-corrected chi connectivity index (χ2v) is 4.74. The molecule has 0 rings (SSSR count). The molecular formula is C16H36N2O. The number of hydrogen-bond acceptors (Lipinski definition) is 2. The topological polar surface area (TPSA) is 23.6 Å². The van der Waals surface area contributed by atoms with Crippen molar-refractivity contribution in [3.63, 3.8) is 0 Å². The van der Waals surface area contributed by atoms with E-state index in [9.17, 15) is 4.79 Å². The van der Waals surface area contributed by atoms with E-state index in [-0.39, 0.29) is 0 Å². The van der Waals surface area contributed by atoms with Gasteiger partial charge in [0, 0.05) is 19.5 Å². The van der Waals surface area contributed by atoms with Crippen LogP contribution in [0.2, 0.25) is 0 Å². The highest BCUT2D eigenvalue weighted by molar-refractivity contribution is 5.75. The molecule has 19 heavy (non-hydrogen) atoms. The molecule has 1 amide bonds. The average molecular weight is 272 g/mol. The molecule has 0 aromatic carbocycles. The van der Waals surface area contributed by atoms with Gasteiger partial charge < -0.3 is 9.80 Å². The number of hydrogen-bond donors (Lipinski definition) is 0. The molecule has 3 nitrogen and oxygen atoms in total. The van der Waals surface area contributed by atoms with Crippen molar-refractivity contribution in [2.75, 3.05) is 33.2 Å². The molecule has 0 aliphatic carbocycles. The zero-order chi connectivity index (χ0) is 15.1. The summed E-state index contributed by atoms with van der Waals surface area (Å²) in [5, 5.41) is 0. The summed E-state index contributed by atoms with van der Waals surface area (Å²) < 4.78 is 0. The molecule has 0 fully saturated rings. The predicted molar refractivity (Wildman–Crippen MR) is 85.5 cm³/mol. The molecule has 0 aromatic heterocycles. The number of nitrogens with zero attached hydrogens (tertiary/aromatic N) is 2. The van der Waals surface area contributed by atoms with E-state index in [2.05, 4.69) is 25.8 Å². The lowest BCUT2D eigenvalue weighted by atomic mass is 10.2. The second kappa shape index (κ2) is 15.5. The maximum absolute atomic E-state index is 11.7. The summed E-state index contributed by atoms with van der Waals surface area (Å²) in [4.78, 5) is 16.1. The van der Waals surface area contributed by atoms with E-state index in [0.717, 1.165) is 45.4 Å². The normalized spacial score (nSPS) is 10.1. The number of carbonyl (C=O) groups is 1. The molecule has 0 unspecified atom stereocenters. The van der Waals surface area contributed by atoms with Crippen LogP contribution in [-0.2, 0) is 4.79 Å². The molecule has 3 heteroatoms. The van der Waals surface area contributed by atoms with Gasteiger partial charge in [-0.3, -0.25) is 4.79 Å². The van der Waals surface area contributed by atoms with Gasteiger partial charge in [-0.05, 0) is 39.4 Å². The van der Waals surface area contributed by atoms with Gasteiger partial charge in [0.05, 0.1) is 0 Å². The first kappa shape index (κ1) is 20.7. The minimum Gasteiger partial charge on any atom is -0.343 e. The number of unbranched alkanes of at least 4 members (excludes halogenated alkanes) is 1. The standard InChI is InChI=1S/C14H30N2O.C2H6/c1-5-8-12-16(14(17)7-3)13-9-11-15(4)10-6-2;1-2/h5-13H2,1-4H3;1-2H3.